The highest BCUT2D eigenvalue weighted by atomic mass is 35.5. The minimum Gasteiger partial charge on any atom is -0.436 e. The Kier molecular flexibility index (Phi) is 3.10. The van der Waals surface area contributed by atoms with Crippen LogP contribution in [-0.4, -0.2) is 19.7 Å². The van der Waals surface area contributed by atoms with Crippen molar-refractivity contribution in [3.63, 3.8) is 0 Å². The van der Waals surface area contributed by atoms with Crippen LogP contribution in [0.25, 0.3) is 28.2 Å². The quantitative estimate of drug-likeness (QED) is 0.547. The van der Waals surface area contributed by atoms with Gasteiger partial charge in [-0.05, 0) is 24.3 Å². The maximum absolute atomic E-state index is 6.22. The number of aromatic nitrogens is 4. The maximum Gasteiger partial charge on any atom is 0.228 e. The lowest BCUT2D eigenvalue weighted by atomic mass is 10.2. The molecule has 0 unspecified atom stereocenters. The van der Waals surface area contributed by atoms with Crippen LogP contribution in [0.3, 0.4) is 0 Å². The van der Waals surface area contributed by atoms with E-state index in [0.717, 1.165) is 11.2 Å². The number of fused-ring (bicyclic) bond motifs is 1. The Bertz CT molecular complexity index is 963. The highest BCUT2D eigenvalue weighted by molar-refractivity contribution is 6.43. The Morgan fingerprint density at radius 1 is 1.00 bits per heavy atom. The lowest BCUT2D eigenvalue weighted by Gasteiger charge is -2.00. The van der Waals surface area contributed by atoms with Gasteiger partial charge in [-0.25, -0.2) is 4.98 Å². The van der Waals surface area contributed by atoms with Gasteiger partial charge in [0.05, 0.1) is 21.3 Å². The summed E-state index contributed by atoms with van der Waals surface area (Å²) in [5.41, 5.74) is 2.94. The zero-order chi connectivity index (χ0) is 15.1. The van der Waals surface area contributed by atoms with Crippen molar-refractivity contribution in [2.75, 3.05) is 0 Å². The highest BCUT2D eigenvalue weighted by Gasteiger charge is 2.14. The zero-order valence-corrected chi connectivity index (χ0v) is 12.6. The average molecular weight is 331 g/mol. The lowest BCUT2D eigenvalue weighted by molar-refractivity contribution is 0.619. The topological polar surface area (TPSA) is 56.7 Å². The Labute approximate surface area is 135 Å². The van der Waals surface area contributed by atoms with Crippen molar-refractivity contribution in [2.45, 2.75) is 0 Å². The van der Waals surface area contributed by atoms with E-state index in [-0.39, 0.29) is 0 Å². The van der Waals surface area contributed by atoms with E-state index in [1.165, 1.54) is 0 Å². The number of rotatable bonds is 2. The lowest BCUT2D eigenvalue weighted by Crippen LogP contribution is -1.88. The first kappa shape index (κ1) is 13.3. The van der Waals surface area contributed by atoms with Gasteiger partial charge in [0, 0.05) is 6.07 Å². The normalized spacial score (nSPS) is 11.2. The standard InChI is InChI=1S/C15H8Cl2N4O/c16-11-3-1-2-10(14(11)17)15-20-12-5-4-9(6-13(12)22-15)21-7-18-19-8-21/h1-8H. The number of halogens is 2. The van der Waals surface area contributed by atoms with Gasteiger partial charge < -0.3 is 4.42 Å². The number of nitrogens with zero attached hydrogens (tertiary/aromatic N) is 4. The van der Waals surface area contributed by atoms with Crippen LogP contribution >= 0.6 is 23.2 Å². The SMILES string of the molecule is Clc1cccc(-c2nc3ccc(-n4cnnc4)cc3o2)c1Cl. The summed E-state index contributed by atoms with van der Waals surface area (Å²) >= 11 is 12.3. The number of benzene rings is 2. The summed E-state index contributed by atoms with van der Waals surface area (Å²) in [5.74, 6) is 0.434. The van der Waals surface area contributed by atoms with Crippen LogP contribution in [0.4, 0.5) is 0 Å². The van der Waals surface area contributed by atoms with Crippen LogP contribution in [0, 0.1) is 0 Å². The van der Waals surface area contributed by atoms with Crippen molar-refractivity contribution in [1.29, 1.82) is 0 Å². The molecule has 22 heavy (non-hydrogen) atoms. The minimum atomic E-state index is 0.426. The monoisotopic (exact) mass is 330 g/mol. The second-order valence-corrected chi connectivity index (χ2v) is 5.43. The van der Waals surface area contributed by atoms with Crippen molar-refractivity contribution in [2.24, 2.45) is 0 Å². The van der Waals surface area contributed by atoms with Crippen molar-refractivity contribution in [1.82, 2.24) is 19.7 Å². The fourth-order valence-electron chi connectivity index (χ4n) is 2.19. The fraction of sp³-hybridized carbons (Fsp3) is 0. The molecule has 0 aliphatic heterocycles. The third-order valence-electron chi connectivity index (χ3n) is 3.27. The fourth-order valence-corrected chi connectivity index (χ4v) is 2.57. The first-order valence-corrected chi connectivity index (χ1v) is 7.18. The highest BCUT2D eigenvalue weighted by Crippen LogP contribution is 2.34. The molecule has 0 amide bonds. The number of hydrogen-bond acceptors (Lipinski definition) is 4. The van der Waals surface area contributed by atoms with Gasteiger partial charge >= 0.3 is 0 Å². The van der Waals surface area contributed by atoms with Gasteiger partial charge in [-0.15, -0.1) is 10.2 Å². The first-order valence-electron chi connectivity index (χ1n) is 6.42. The van der Waals surface area contributed by atoms with E-state index < -0.39 is 0 Å². The molecule has 7 heteroatoms. The molecule has 0 atom stereocenters. The van der Waals surface area contributed by atoms with Crippen molar-refractivity contribution < 1.29 is 4.42 Å². The van der Waals surface area contributed by atoms with Crippen LogP contribution in [0.2, 0.25) is 10.0 Å². The Morgan fingerprint density at radius 3 is 2.64 bits per heavy atom. The van der Waals surface area contributed by atoms with Crippen LogP contribution in [0.15, 0.2) is 53.5 Å². The molecule has 0 bridgehead atoms. The number of oxazole rings is 1. The summed E-state index contributed by atoms with van der Waals surface area (Å²) in [4.78, 5) is 4.46. The molecular weight excluding hydrogens is 323 g/mol. The molecule has 5 nitrogen and oxygen atoms in total. The van der Waals surface area contributed by atoms with Gasteiger partial charge in [-0.3, -0.25) is 4.57 Å². The second-order valence-electron chi connectivity index (χ2n) is 4.64. The molecule has 0 aliphatic rings. The minimum absolute atomic E-state index is 0.426. The molecule has 4 rings (SSSR count). The number of hydrogen-bond donors (Lipinski definition) is 0. The molecule has 0 radical (unpaired) electrons. The van der Waals surface area contributed by atoms with Crippen LogP contribution in [0.1, 0.15) is 0 Å². The van der Waals surface area contributed by atoms with Crippen LogP contribution in [0.5, 0.6) is 0 Å². The van der Waals surface area contributed by atoms with E-state index in [4.69, 9.17) is 27.6 Å². The molecule has 0 aliphatic carbocycles. The summed E-state index contributed by atoms with van der Waals surface area (Å²) in [7, 11) is 0. The van der Waals surface area contributed by atoms with E-state index in [1.807, 2.05) is 24.3 Å². The van der Waals surface area contributed by atoms with Gasteiger partial charge in [0.2, 0.25) is 5.89 Å². The van der Waals surface area contributed by atoms with E-state index in [1.54, 1.807) is 29.4 Å². The largest absolute Gasteiger partial charge is 0.436 e. The van der Waals surface area contributed by atoms with Crippen molar-refractivity contribution >= 4 is 34.3 Å². The predicted molar refractivity (Wildman–Crippen MR) is 84.4 cm³/mol. The third-order valence-corrected chi connectivity index (χ3v) is 4.09. The Balaban J connectivity index is 1.86. The smallest absolute Gasteiger partial charge is 0.228 e. The van der Waals surface area contributed by atoms with Gasteiger partial charge in [-0.1, -0.05) is 29.3 Å². The van der Waals surface area contributed by atoms with E-state index in [0.29, 0.717) is 27.1 Å². The summed E-state index contributed by atoms with van der Waals surface area (Å²) in [6.07, 6.45) is 3.23. The summed E-state index contributed by atoms with van der Waals surface area (Å²) in [6.45, 7) is 0. The summed E-state index contributed by atoms with van der Waals surface area (Å²) < 4.78 is 7.61. The molecule has 2 aromatic heterocycles. The molecular formula is C15H8Cl2N4O. The van der Waals surface area contributed by atoms with Crippen LogP contribution in [-0.2, 0) is 0 Å². The molecule has 0 N–H and O–H groups in total. The molecule has 0 fully saturated rings. The molecule has 4 aromatic rings. The molecule has 2 aromatic carbocycles. The van der Waals surface area contributed by atoms with Gasteiger partial charge in [-0.2, -0.15) is 0 Å². The van der Waals surface area contributed by atoms with E-state index >= 15 is 0 Å². The van der Waals surface area contributed by atoms with Gasteiger partial charge in [0.15, 0.2) is 5.58 Å². The van der Waals surface area contributed by atoms with Crippen molar-refractivity contribution in [3.8, 4) is 17.1 Å². The third kappa shape index (κ3) is 2.15. The molecule has 0 saturated heterocycles. The summed E-state index contributed by atoms with van der Waals surface area (Å²) in [5, 5.41) is 8.46. The Hall–Kier alpha value is -2.37. The Morgan fingerprint density at radius 2 is 1.82 bits per heavy atom. The first-order chi connectivity index (χ1) is 10.7. The summed E-state index contributed by atoms with van der Waals surface area (Å²) in [6, 6.07) is 11.0. The van der Waals surface area contributed by atoms with Crippen molar-refractivity contribution in [3.05, 3.63) is 59.1 Å². The van der Waals surface area contributed by atoms with Gasteiger partial charge in [0.25, 0.3) is 0 Å². The van der Waals surface area contributed by atoms with E-state index in [9.17, 15) is 0 Å². The molecule has 0 spiro atoms. The predicted octanol–water partition coefficient (Wildman–Crippen LogP) is 4.38. The average Bonchev–Trinajstić information content (AvgIpc) is 3.17. The maximum atomic E-state index is 6.22. The van der Waals surface area contributed by atoms with E-state index in [2.05, 4.69) is 15.2 Å². The van der Waals surface area contributed by atoms with Gasteiger partial charge in [0.1, 0.15) is 18.2 Å². The second kappa shape index (κ2) is 5.12. The molecule has 108 valence electrons. The van der Waals surface area contributed by atoms with Crippen LogP contribution < -0.4 is 0 Å². The molecule has 0 saturated carbocycles. The molecule has 2 heterocycles. The zero-order valence-electron chi connectivity index (χ0n) is 11.1.